The minimum absolute atomic E-state index is 0.390. The van der Waals surface area contributed by atoms with Crippen molar-refractivity contribution in [1.82, 2.24) is 0 Å². The van der Waals surface area contributed by atoms with Crippen LogP contribution in [0, 0.1) is 0 Å². The van der Waals surface area contributed by atoms with Crippen LogP contribution in [0.2, 0.25) is 0 Å². The molecule has 1 heterocycles. The number of thiophene rings is 1. The zero-order valence-electron chi connectivity index (χ0n) is 10.1. The highest BCUT2D eigenvalue weighted by Crippen LogP contribution is 2.36. The van der Waals surface area contributed by atoms with Crippen LogP contribution < -0.4 is 4.74 Å². The van der Waals surface area contributed by atoms with Gasteiger partial charge in [0.25, 0.3) is 0 Å². The van der Waals surface area contributed by atoms with Crippen LogP contribution in [0.4, 0.5) is 13.2 Å². The lowest BCUT2D eigenvalue weighted by atomic mass is 10.2. The maximum atomic E-state index is 12.5. The number of fused-ring (bicyclic) bond motifs is 1. The van der Waals surface area contributed by atoms with Crippen molar-refractivity contribution < 1.29 is 17.9 Å². The minimum atomic E-state index is -4.33. The van der Waals surface area contributed by atoms with Crippen molar-refractivity contribution in [3.05, 3.63) is 59.5 Å². The Kier molecular flexibility index (Phi) is 3.14. The highest BCUT2D eigenvalue weighted by Gasteiger charge is 2.30. The Morgan fingerprint density at radius 3 is 2.30 bits per heavy atom. The lowest BCUT2D eigenvalue weighted by Gasteiger charge is -2.08. The van der Waals surface area contributed by atoms with Crippen molar-refractivity contribution in [2.24, 2.45) is 0 Å². The molecule has 3 rings (SSSR count). The molecule has 20 heavy (non-hydrogen) atoms. The molecule has 0 radical (unpaired) electrons. The van der Waals surface area contributed by atoms with Crippen LogP contribution in [-0.2, 0) is 6.18 Å². The van der Waals surface area contributed by atoms with Gasteiger partial charge in [0, 0.05) is 15.5 Å². The van der Waals surface area contributed by atoms with Crippen LogP contribution in [0.5, 0.6) is 11.5 Å². The first-order chi connectivity index (χ1) is 9.54. The number of ether oxygens (including phenoxy) is 1. The molecule has 0 bridgehead atoms. The first kappa shape index (κ1) is 13.0. The Bertz CT molecular complexity index is 729. The molecule has 0 saturated heterocycles. The lowest BCUT2D eigenvalue weighted by Crippen LogP contribution is -2.03. The normalized spacial score (nSPS) is 11.8. The van der Waals surface area contributed by atoms with Gasteiger partial charge in [-0.05, 0) is 36.4 Å². The highest BCUT2D eigenvalue weighted by molar-refractivity contribution is 7.17. The molecule has 1 aromatic heterocycles. The molecule has 0 aliphatic rings. The third-order valence-electron chi connectivity index (χ3n) is 2.85. The van der Waals surface area contributed by atoms with Crippen molar-refractivity contribution in [2.45, 2.75) is 6.18 Å². The van der Waals surface area contributed by atoms with E-state index < -0.39 is 11.7 Å². The van der Waals surface area contributed by atoms with E-state index in [0.717, 1.165) is 22.2 Å². The van der Waals surface area contributed by atoms with Gasteiger partial charge in [-0.2, -0.15) is 13.2 Å². The van der Waals surface area contributed by atoms with Crippen molar-refractivity contribution in [3.8, 4) is 11.5 Å². The summed E-state index contributed by atoms with van der Waals surface area (Å²) in [4.78, 5) is 0. The molecular formula is C15H9F3OS. The summed E-state index contributed by atoms with van der Waals surface area (Å²) in [5, 5.41) is 2.81. The van der Waals surface area contributed by atoms with E-state index >= 15 is 0 Å². The Labute approximate surface area is 117 Å². The second kappa shape index (κ2) is 4.83. The second-order valence-corrected chi connectivity index (χ2v) is 5.13. The molecule has 5 heteroatoms. The molecule has 102 valence electrons. The fraction of sp³-hybridized carbons (Fsp3) is 0.0667. The highest BCUT2D eigenvalue weighted by atomic mass is 32.1. The van der Waals surface area contributed by atoms with E-state index in [4.69, 9.17) is 4.74 Å². The predicted octanol–water partition coefficient (Wildman–Crippen LogP) is 5.71. The van der Waals surface area contributed by atoms with Gasteiger partial charge in [-0.25, -0.2) is 0 Å². The Morgan fingerprint density at radius 2 is 1.60 bits per heavy atom. The smallest absolute Gasteiger partial charge is 0.416 e. The fourth-order valence-electron chi connectivity index (χ4n) is 1.87. The van der Waals surface area contributed by atoms with E-state index in [0.29, 0.717) is 11.5 Å². The first-order valence-corrected chi connectivity index (χ1v) is 6.73. The summed E-state index contributed by atoms with van der Waals surface area (Å²) in [6, 6.07) is 12.4. The summed E-state index contributed by atoms with van der Waals surface area (Å²) in [6.07, 6.45) is -4.33. The molecule has 3 aromatic rings. The molecule has 0 amide bonds. The van der Waals surface area contributed by atoms with Crippen molar-refractivity contribution >= 4 is 21.4 Å². The first-order valence-electron chi connectivity index (χ1n) is 5.85. The molecule has 0 N–H and O–H groups in total. The molecule has 0 fully saturated rings. The minimum Gasteiger partial charge on any atom is -0.456 e. The van der Waals surface area contributed by atoms with Crippen molar-refractivity contribution in [2.75, 3.05) is 0 Å². The zero-order valence-corrected chi connectivity index (χ0v) is 11.0. The van der Waals surface area contributed by atoms with E-state index in [1.165, 1.54) is 23.5 Å². The van der Waals surface area contributed by atoms with Crippen molar-refractivity contribution in [1.29, 1.82) is 0 Å². The van der Waals surface area contributed by atoms with Gasteiger partial charge >= 0.3 is 6.18 Å². The van der Waals surface area contributed by atoms with Gasteiger partial charge in [0.15, 0.2) is 0 Å². The van der Waals surface area contributed by atoms with Gasteiger partial charge in [0.05, 0.1) is 5.56 Å². The number of hydrogen-bond acceptors (Lipinski definition) is 2. The van der Waals surface area contributed by atoms with E-state index in [2.05, 4.69) is 0 Å². The van der Waals surface area contributed by atoms with Gasteiger partial charge in [-0.3, -0.25) is 0 Å². The Balaban J connectivity index is 1.88. The van der Waals surface area contributed by atoms with Crippen LogP contribution in [0.3, 0.4) is 0 Å². The molecule has 2 aromatic carbocycles. The molecule has 0 aliphatic heterocycles. The van der Waals surface area contributed by atoms with Crippen LogP contribution >= 0.6 is 11.3 Å². The van der Waals surface area contributed by atoms with Gasteiger partial charge in [0.2, 0.25) is 0 Å². The summed E-state index contributed by atoms with van der Waals surface area (Å²) in [6.45, 7) is 0. The summed E-state index contributed by atoms with van der Waals surface area (Å²) >= 11 is 1.54. The predicted molar refractivity (Wildman–Crippen MR) is 73.3 cm³/mol. The maximum Gasteiger partial charge on any atom is 0.416 e. The van der Waals surface area contributed by atoms with E-state index in [1.54, 1.807) is 0 Å². The molecular weight excluding hydrogens is 285 g/mol. The van der Waals surface area contributed by atoms with Gasteiger partial charge in [-0.1, -0.05) is 12.1 Å². The average molecular weight is 294 g/mol. The number of rotatable bonds is 2. The number of alkyl halides is 3. The summed E-state index contributed by atoms with van der Waals surface area (Å²) in [7, 11) is 0. The number of benzene rings is 2. The monoisotopic (exact) mass is 294 g/mol. The quantitative estimate of drug-likeness (QED) is 0.588. The molecule has 0 saturated carbocycles. The van der Waals surface area contributed by atoms with Crippen LogP contribution in [0.15, 0.2) is 53.9 Å². The van der Waals surface area contributed by atoms with Crippen LogP contribution in [0.1, 0.15) is 5.56 Å². The number of halogens is 3. The molecule has 0 aliphatic carbocycles. The largest absolute Gasteiger partial charge is 0.456 e. The van der Waals surface area contributed by atoms with E-state index in [9.17, 15) is 13.2 Å². The standard InChI is InChI=1S/C15H9F3OS/c16-15(17,18)10-5-7-11(8-6-10)19-13-9-20-14-4-2-1-3-12(13)14/h1-9H. The average Bonchev–Trinajstić information content (AvgIpc) is 2.82. The van der Waals surface area contributed by atoms with Gasteiger partial charge in [-0.15, -0.1) is 11.3 Å². The fourth-order valence-corrected chi connectivity index (χ4v) is 2.73. The van der Waals surface area contributed by atoms with Gasteiger partial charge in [0.1, 0.15) is 11.5 Å². The SMILES string of the molecule is FC(F)(F)c1ccc(Oc2csc3ccccc23)cc1. The van der Waals surface area contributed by atoms with Crippen LogP contribution in [0.25, 0.3) is 10.1 Å². The Morgan fingerprint density at radius 1 is 0.900 bits per heavy atom. The van der Waals surface area contributed by atoms with Crippen LogP contribution in [-0.4, -0.2) is 0 Å². The summed E-state index contributed by atoms with van der Waals surface area (Å²) < 4.78 is 44.1. The molecule has 0 unspecified atom stereocenters. The van der Waals surface area contributed by atoms with E-state index in [-0.39, 0.29) is 0 Å². The zero-order chi connectivity index (χ0) is 14.2. The molecule has 1 nitrogen and oxygen atoms in total. The second-order valence-electron chi connectivity index (χ2n) is 4.22. The third-order valence-corrected chi connectivity index (χ3v) is 3.80. The molecule has 0 spiro atoms. The number of hydrogen-bond donors (Lipinski definition) is 0. The summed E-state index contributed by atoms with van der Waals surface area (Å²) in [5.41, 5.74) is -0.681. The maximum absolute atomic E-state index is 12.5. The lowest BCUT2D eigenvalue weighted by molar-refractivity contribution is -0.137. The Hall–Kier alpha value is -2.01. The topological polar surface area (TPSA) is 9.23 Å². The van der Waals surface area contributed by atoms with E-state index in [1.807, 2.05) is 29.6 Å². The van der Waals surface area contributed by atoms with Crippen molar-refractivity contribution in [3.63, 3.8) is 0 Å². The summed E-state index contributed by atoms with van der Waals surface area (Å²) in [5.74, 6) is 1.05. The van der Waals surface area contributed by atoms with Gasteiger partial charge < -0.3 is 4.74 Å². The molecule has 0 atom stereocenters. The third kappa shape index (κ3) is 2.49.